The minimum absolute atomic E-state index is 0.0444. The van der Waals surface area contributed by atoms with Crippen molar-refractivity contribution in [3.63, 3.8) is 0 Å². The highest BCUT2D eigenvalue weighted by Gasteiger charge is 2.12. The summed E-state index contributed by atoms with van der Waals surface area (Å²) in [4.78, 5) is 22.6. The minimum atomic E-state index is -0.944. The van der Waals surface area contributed by atoms with E-state index in [9.17, 15) is 9.59 Å². The number of aryl methyl sites for hydroxylation is 1. The minimum Gasteiger partial charge on any atom is -0.481 e. The maximum Gasteiger partial charge on any atom is 0.303 e. The van der Waals surface area contributed by atoms with E-state index in [0.717, 1.165) is 16.3 Å². The van der Waals surface area contributed by atoms with E-state index in [4.69, 9.17) is 5.11 Å². The van der Waals surface area contributed by atoms with Crippen LogP contribution in [0.25, 0.3) is 10.8 Å². The molecule has 3 nitrogen and oxygen atoms in total. The highest BCUT2D eigenvalue weighted by Crippen LogP contribution is 2.23. The monoisotopic (exact) mass is 242 g/mol. The van der Waals surface area contributed by atoms with E-state index in [2.05, 4.69) is 0 Å². The molecule has 0 amide bonds. The Hall–Kier alpha value is -2.16. The first kappa shape index (κ1) is 12.3. The summed E-state index contributed by atoms with van der Waals surface area (Å²) in [6.07, 6.45) is -0.0795. The summed E-state index contributed by atoms with van der Waals surface area (Å²) in [7, 11) is 0. The van der Waals surface area contributed by atoms with Gasteiger partial charge < -0.3 is 5.11 Å². The maximum absolute atomic E-state index is 12.1. The number of aliphatic carboxylic acids is 1. The molecular formula is C15H14O3. The summed E-state index contributed by atoms with van der Waals surface area (Å²) in [5, 5.41) is 10.6. The van der Waals surface area contributed by atoms with Gasteiger partial charge in [-0.3, -0.25) is 9.59 Å². The molecule has 3 heteroatoms. The molecule has 0 aliphatic rings. The molecule has 0 radical (unpaired) electrons. The lowest BCUT2D eigenvalue weighted by Crippen LogP contribution is -2.04. The third-order valence-corrected chi connectivity index (χ3v) is 2.98. The van der Waals surface area contributed by atoms with Crippen molar-refractivity contribution in [1.29, 1.82) is 0 Å². The molecule has 2 aromatic rings. The van der Waals surface area contributed by atoms with Crippen molar-refractivity contribution in [3.8, 4) is 0 Å². The molecule has 0 unspecified atom stereocenters. The molecule has 0 heterocycles. The molecule has 18 heavy (non-hydrogen) atoms. The summed E-state index contributed by atoms with van der Waals surface area (Å²) >= 11 is 0. The highest BCUT2D eigenvalue weighted by molar-refractivity contribution is 6.09. The Morgan fingerprint density at radius 1 is 1.06 bits per heavy atom. The van der Waals surface area contributed by atoms with E-state index in [1.54, 1.807) is 6.07 Å². The molecule has 0 aliphatic heterocycles. The smallest absolute Gasteiger partial charge is 0.303 e. The van der Waals surface area contributed by atoms with E-state index in [1.165, 1.54) is 0 Å². The number of carbonyl (C=O) groups excluding carboxylic acids is 1. The summed E-state index contributed by atoms with van der Waals surface area (Å²) < 4.78 is 0. The number of hydrogen-bond donors (Lipinski definition) is 1. The standard InChI is InChI=1S/C15H14O3/c1-10-4-2-5-11-6-3-7-12(15(10)11)13(16)8-9-14(17)18/h2-7H,8-9H2,1H3,(H,17,18). The normalized spacial score (nSPS) is 10.5. The predicted octanol–water partition coefficient (Wildman–Crippen LogP) is 3.20. The number of rotatable bonds is 4. The zero-order valence-corrected chi connectivity index (χ0v) is 10.1. The lowest BCUT2D eigenvalue weighted by atomic mass is 9.96. The van der Waals surface area contributed by atoms with Crippen molar-refractivity contribution in [1.82, 2.24) is 0 Å². The summed E-state index contributed by atoms with van der Waals surface area (Å²) in [5.74, 6) is -1.06. The topological polar surface area (TPSA) is 54.4 Å². The van der Waals surface area contributed by atoms with Gasteiger partial charge in [0.15, 0.2) is 5.78 Å². The molecule has 2 aromatic carbocycles. The van der Waals surface area contributed by atoms with Crippen molar-refractivity contribution in [2.24, 2.45) is 0 Å². The first-order valence-electron chi connectivity index (χ1n) is 5.83. The fourth-order valence-corrected chi connectivity index (χ4v) is 2.12. The van der Waals surface area contributed by atoms with Crippen molar-refractivity contribution < 1.29 is 14.7 Å². The average molecular weight is 242 g/mol. The number of carboxylic acid groups (broad SMARTS) is 1. The second-order valence-corrected chi connectivity index (χ2v) is 4.30. The Morgan fingerprint density at radius 3 is 2.39 bits per heavy atom. The van der Waals surface area contributed by atoms with Gasteiger partial charge in [-0.1, -0.05) is 36.4 Å². The zero-order chi connectivity index (χ0) is 13.1. The van der Waals surface area contributed by atoms with Gasteiger partial charge in [-0.15, -0.1) is 0 Å². The zero-order valence-electron chi connectivity index (χ0n) is 10.1. The molecule has 0 aromatic heterocycles. The van der Waals surface area contributed by atoms with Crippen LogP contribution < -0.4 is 0 Å². The van der Waals surface area contributed by atoms with Crippen LogP contribution >= 0.6 is 0 Å². The van der Waals surface area contributed by atoms with Crippen LogP contribution in [0.5, 0.6) is 0 Å². The Morgan fingerprint density at radius 2 is 1.72 bits per heavy atom. The van der Waals surface area contributed by atoms with Gasteiger partial charge in [0.05, 0.1) is 6.42 Å². The van der Waals surface area contributed by atoms with Gasteiger partial charge in [0.2, 0.25) is 0 Å². The van der Waals surface area contributed by atoms with Gasteiger partial charge in [-0.25, -0.2) is 0 Å². The summed E-state index contributed by atoms with van der Waals surface area (Å²) in [5.41, 5.74) is 1.65. The van der Waals surface area contributed by atoms with Gasteiger partial charge in [0.25, 0.3) is 0 Å². The van der Waals surface area contributed by atoms with E-state index < -0.39 is 5.97 Å². The molecule has 1 N–H and O–H groups in total. The Labute approximate surface area is 105 Å². The van der Waals surface area contributed by atoms with Crippen molar-refractivity contribution in [2.75, 3.05) is 0 Å². The van der Waals surface area contributed by atoms with E-state index in [-0.39, 0.29) is 18.6 Å². The lowest BCUT2D eigenvalue weighted by molar-refractivity contribution is -0.136. The SMILES string of the molecule is Cc1cccc2cccc(C(=O)CCC(=O)O)c12. The number of hydrogen-bond acceptors (Lipinski definition) is 2. The van der Waals surface area contributed by atoms with Crippen LogP contribution in [-0.2, 0) is 4.79 Å². The van der Waals surface area contributed by atoms with E-state index in [1.807, 2.05) is 37.3 Å². The average Bonchev–Trinajstić information content (AvgIpc) is 2.35. The fourth-order valence-electron chi connectivity index (χ4n) is 2.12. The first-order chi connectivity index (χ1) is 8.59. The molecule has 0 fully saturated rings. The quantitative estimate of drug-likeness (QED) is 0.837. The molecule has 0 bridgehead atoms. The van der Waals surface area contributed by atoms with E-state index >= 15 is 0 Å². The number of ketones is 1. The Balaban J connectivity index is 2.44. The van der Waals surface area contributed by atoms with Crippen LogP contribution in [0.4, 0.5) is 0 Å². The van der Waals surface area contributed by atoms with Crippen molar-refractivity contribution >= 4 is 22.5 Å². The van der Waals surface area contributed by atoms with Crippen LogP contribution in [-0.4, -0.2) is 16.9 Å². The Bertz CT molecular complexity index is 609. The highest BCUT2D eigenvalue weighted by atomic mass is 16.4. The van der Waals surface area contributed by atoms with Crippen LogP contribution in [0.1, 0.15) is 28.8 Å². The van der Waals surface area contributed by atoms with Crippen molar-refractivity contribution in [3.05, 3.63) is 47.5 Å². The maximum atomic E-state index is 12.1. The number of Topliss-reactive ketones (excluding diaryl/α,β-unsaturated/α-hetero) is 1. The molecule has 0 saturated heterocycles. The molecule has 0 spiro atoms. The second kappa shape index (κ2) is 5.00. The lowest BCUT2D eigenvalue weighted by Gasteiger charge is -2.07. The van der Waals surface area contributed by atoms with Gasteiger partial charge in [0, 0.05) is 12.0 Å². The first-order valence-corrected chi connectivity index (χ1v) is 5.83. The van der Waals surface area contributed by atoms with Gasteiger partial charge in [-0.2, -0.15) is 0 Å². The summed E-state index contributed by atoms with van der Waals surface area (Å²) in [6.45, 7) is 1.95. The Kier molecular flexibility index (Phi) is 3.42. The molecule has 92 valence electrons. The molecule has 0 atom stereocenters. The number of carboxylic acids is 1. The fraction of sp³-hybridized carbons (Fsp3) is 0.200. The second-order valence-electron chi connectivity index (χ2n) is 4.30. The van der Waals surface area contributed by atoms with Crippen molar-refractivity contribution in [2.45, 2.75) is 19.8 Å². The van der Waals surface area contributed by atoms with Gasteiger partial charge >= 0.3 is 5.97 Å². The molecule has 2 rings (SSSR count). The third-order valence-electron chi connectivity index (χ3n) is 2.98. The predicted molar refractivity (Wildman–Crippen MR) is 69.9 cm³/mol. The summed E-state index contributed by atoms with van der Waals surface area (Å²) in [6, 6.07) is 11.4. The number of benzene rings is 2. The van der Waals surface area contributed by atoms with Crippen LogP contribution in [0, 0.1) is 6.92 Å². The number of carbonyl (C=O) groups is 2. The largest absolute Gasteiger partial charge is 0.481 e. The van der Waals surface area contributed by atoms with Gasteiger partial charge in [0.1, 0.15) is 0 Å². The van der Waals surface area contributed by atoms with Crippen LogP contribution in [0.15, 0.2) is 36.4 Å². The molecule has 0 aliphatic carbocycles. The van der Waals surface area contributed by atoms with Gasteiger partial charge in [-0.05, 0) is 23.3 Å². The number of fused-ring (bicyclic) bond motifs is 1. The molecular weight excluding hydrogens is 228 g/mol. The molecule has 0 saturated carbocycles. The van der Waals surface area contributed by atoms with Crippen LogP contribution in [0.3, 0.4) is 0 Å². The third kappa shape index (κ3) is 2.40. The van der Waals surface area contributed by atoms with Crippen LogP contribution in [0.2, 0.25) is 0 Å². The van der Waals surface area contributed by atoms with E-state index in [0.29, 0.717) is 5.56 Å².